The molecular formula is C13H20N4O2. The summed E-state index contributed by atoms with van der Waals surface area (Å²) in [6.45, 7) is 2.23. The lowest BCUT2D eigenvalue weighted by molar-refractivity contribution is -0.118. The molecule has 3 rings (SSSR count). The van der Waals surface area contributed by atoms with Crippen molar-refractivity contribution in [2.75, 3.05) is 11.9 Å². The maximum absolute atomic E-state index is 12.0. The second kappa shape index (κ2) is 4.94. The number of aryl methyl sites for hydroxylation is 1. The molecule has 0 spiro atoms. The number of nitrogens with one attached hydrogen (secondary N) is 1. The zero-order valence-corrected chi connectivity index (χ0v) is 11.1. The highest BCUT2D eigenvalue weighted by Crippen LogP contribution is 2.34. The molecule has 2 unspecified atom stereocenters. The minimum Gasteiger partial charge on any atom is -0.360 e. The number of anilines is 1. The molecule has 2 atom stereocenters. The van der Waals surface area contributed by atoms with Crippen LogP contribution in [0.3, 0.4) is 0 Å². The van der Waals surface area contributed by atoms with Crippen molar-refractivity contribution in [3.05, 3.63) is 11.8 Å². The average Bonchev–Trinajstić information content (AvgIpc) is 2.83. The zero-order valence-electron chi connectivity index (χ0n) is 11.1. The van der Waals surface area contributed by atoms with Gasteiger partial charge in [0.15, 0.2) is 5.82 Å². The zero-order chi connectivity index (χ0) is 13.4. The van der Waals surface area contributed by atoms with Crippen LogP contribution in [0.1, 0.15) is 31.4 Å². The van der Waals surface area contributed by atoms with Crippen LogP contribution in [0.4, 0.5) is 5.82 Å². The third-order valence-corrected chi connectivity index (χ3v) is 4.14. The number of nitrogens with zero attached hydrogens (tertiary/aromatic N) is 2. The molecule has 3 heterocycles. The lowest BCUT2D eigenvalue weighted by atomic mass is 9.98. The summed E-state index contributed by atoms with van der Waals surface area (Å²) >= 11 is 0. The van der Waals surface area contributed by atoms with Gasteiger partial charge in [-0.2, -0.15) is 0 Å². The van der Waals surface area contributed by atoms with Crippen molar-refractivity contribution in [2.45, 2.75) is 50.7 Å². The minimum absolute atomic E-state index is 0.0272. The molecule has 104 valence electrons. The molecule has 1 amide bonds. The van der Waals surface area contributed by atoms with E-state index in [-0.39, 0.29) is 5.91 Å². The van der Waals surface area contributed by atoms with Crippen LogP contribution in [0.5, 0.6) is 0 Å². The summed E-state index contributed by atoms with van der Waals surface area (Å²) < 4.78 is 4.93. The van der Waals surface area contributed by atoms with Gasteiger partial charge in [-0.1, -0.05) is 5.16 Å². The number of hydrogen-bond donors (Lipinski definition) is 2. The number of rotatable bonds is 3. The molecular weight excluding hydrogens is 244 g/mol. The predicted octanol–water partition coefficient (Wildman–Crippen LogP) is 0.876. The van der Waals surface area contributed by atoms with Crippen molar-refractivity contribution >= 4 is 11.7 Å². The number of aromatic nitrogens is 1. The van der Waals surface area contributed by atoms with Gasteiger partial charge in [0.25, 0.3) is 0 Å². The van der Waals surface area contributed by atoms with Gasteiger partial charge in [-0.3, -0.25) is 9.69 Å². The van der Waals surface area contributed by atoms with Gasteiger partial charge >= 0.3 is 0 Å². The molecule has 1 aromatic rings. The maximum atomic E-state index is 12.0. The van der Waals surface area contributed by atoms with Gasteiger partial charge in [-0.05, 0) is 32.6 Å². The van der Waals surface area contributed by atoms with Gasteiger partial charge in [0, 0.05) is 24.2 Å². The van der Waals surface area contributed by atoms with Gasteiger partial charge in [-0.25, -0.2) is 0 Å². The number of nitrogens with two attached hydrogens (primary N) is 1. The Morgan fingerprint density at radius 1 is 1.53 bits per heavy atom. The van der Waals surface area contributed by atoms with E-state index in [0.717, 1.165) is 25.7 Å². The van der Waals surface area contributed by atoms with Crippen molar-refractivity contribution < 1.29 is 9.32 Å². The van der Waals surface area contributed by atoms with E-state index in [2.05, 4.69) is 15.4 Å². The molecule has 3 N–H and O–H groups in total. The molecule has 2 aliphatic rings. The molecule has 0 aromatic carbocycles. The molecule has 6 heteroatoms. The van der Waals surface area contributed by atoms with Gasteiger partial charge in [0.2, 0.25) is 5.91 Å². The number of amides is 1. The van der Waals surface area contributed by atoms with E-state index >= 15 is 0 Å². The van der Waals surface area contributed by atoms with E-state index in [4.69, 9.17) is 10.3 Å². The fourth-order valence-corrected chi connectivity index (χ4v) is 3.35. The Kier molecular flexibility index (Phi) is 3.28. The first-order valence-corrected chi connectivity index (χ1v) is 6.86. The molecule has 0 radical (unpaired) electrons. The second-order valence-electron chi connectivity index (χ2n) is 5.66. The summed E-state index contributed by atoms with van der Waals surface area (Å²) in [4.78, 5) is 14.3. The summed E-state index contributed by atoms with van der Waals surface area (Å²) in [6, 6.07) is 2.96. The SMILES string of the molecule is Cc1cc(NC(=O)CN2C3CCC2CC(N)C3)no1. The highest BCUT2D eigenvalue weighted by atomic mass is 16.5. The number of carbonyl (C=O) groups excluding carboxylic acids is 1. The van der Waals surface area contributed by atoms with Crippen molar-refractivity contribution in [3.8, 4) is 0 Å². The first-order valence-electron chi connectivity index (χ1n) is 6.86. The first kappa shape index (κ1) is 12.6. The average molecular weight is 264 g/mol. The van der Waals surface area contributed by atoms with E-state index in [1.54, 1.807) is 13.0 Å². The van der Waals surface area contributed by atoms with E-state index in [1.165, 1.54) is 0 Å². The summed E-state index contributed by atoms with van der Waals surface area (Å²) in [6.07, 6.45) is 4.34. The fraction of sp³-hybridized carbons (Fsp3) is 0.692. The Bertz CT molecular complexity index is 459. The Morgan fingerprint density at radius 2 is 2.21 bits per heavy atom. The van der Waals surface area contributed by atoms with Crippen molar-refractivity contribution in [1.29, 1.82) is 0 Å². The lowest BCUT2D eigenvalue weighted by Gasteiger charge is -2.37. The van der Waals surface area contributed by atoms with Crippen LogP contribution < -0.4 is 11.1 Å². The topological polar surface area (TPSA) is 84.4 Å². The van der Waals surface area contributed by atoms with E-state index in [9.17, 15) is 4.79 Å². The number of hydrogen-bond acceptors (Lipinski definition) is 5. The normalized spacial score (nSPS) is 30.5. The van der Waals surface area contributed by atoms with Crippen molar-refractivity contribution in [1.82, 2.24) is 10.1 Å². The molecule has 2 fully saturated rings. The highest BCUT2D eigenvalue weighted by Gasteiger charge is 2.40. The molecule has 6 nitrogen and oxygen atoms in total. The smallest absolute Gasteiger partial charge is 0.239 e. The van der Waals surface area contributed by atoms with Crippen LogP contribution >= 0.6 is 0 Å². The molecule has 2 aliphatic heterocycles. The largest absolute Gasteiger partial charge is 0.360 e. The van der Waals surface area contributed by atoms with Crippen LogP contribution in [-0.2, 0) is 4.79 Å². The van der Waals surface area contributed by atoms with Crippen LogP contribution in [0.15, 0.2) is 10.6 Å². The van der Waals surface area contributed by atoms with E-state index < -0.39 is 0 Å². The Labute approximate surface area is 112 Å². The quantitative estimate of drug-likeness (QED) is 0.846. The van der Waals surface area contributed by atoms with Gasteiger partial charge in [0.1, 0.15) is 5.76 Å². The fourth-order valence-electron chi connectivity index (χ4n) is 3.35. The molecule has 2 saturated heterocycles. The molecule has 0 aliphatic carbocycles. The van der Waals surface area contributed by atoms with Crippen LogP contribution in [0.25, 0.3) is 0 Å². The number of fused-ring (bicyclic) bond motifs is 2. The maximum Gasteiger partial charge on any atom is 0.239 e. The van der Waals surface area contributed by atoms with E-state index in [0.29, 0.717) is 36.2 Å². The van der Waals surface area contributed by atoms with Crippen LogP contribution in [0, 0.1) is 6.92 Å². The molecule has 0 saturated carbocycles. The lowest BCUT2D eigenvalue weighted by Crippen LogP contribution is -2.49. The molecule has 2 bridgehead atoms. The first-order chi connectivity index (χ1) is 9.11. The molecule has 19 heavy (non-hydrogen) atoms. The minimum atomic E-state index is -0.0272. The summed E-state index contributed by atoms with van der Waals surface area (Å²) in [7, 11) is 0. The van der Waals surface area contributed by atoms with Gasteiger partial charge < -0.3 is 15.6 Å². The standard InChI is InChI=1S/C13H20N4O2/c1-8-4-12(16-19-8)15-13(18)7-17-10-2-3-11(17)6-9(14)5-10/h4,9-11H,2-3,5-7,14H2,1H3,(H,15,16,18). The molecule has 1 aromatic heterocycles. The monoisotopic (exact) mass is 264 g/mol. The third kappa shape index (κ3) is 2.64. The number of carbonyl (C=O) groups is 1. The summed E-state index contributed by atoms with van der Waals surface area (Å²) in [5.74, 6) is 1.16. The van der Waals surface area contributed by atoms with Crippen molar-refractivity contribution in [2.24, 2.45) is 5.73 Å². The van der Waals surface area contributed by atoms with Gasteiger partial charge in [-0.15, -0.1) is 0 Å². The third-order valence-electron chi connectivity index (χ3n) is 4.14. The van der Waals surface area contributed by atoms with Gasteiger partial charge in [0.05, 0.1) is 6.54 Å². The Hall–Kier alpha value is -1.40. The number of piperidine rings is 1. The summed E-state index contributed by atoms with van der Waals surface area (Å²) in [5.41, 5.74) is 6.03. The Morgan fingerprint density at radius 3 is 2.79 bits per heavy atom. The Balaban J connectivity index is 1.58. The second-order valence-corrected chi connectivity index (χ2v) is 5.66. The predicted molar refractivity (Wildman–Crippen MR) is 70.6 cm³/mol. The van der Waals surface area contributed by atoms with E-state index in [1.807, 2.05) is 0 Å². The highest BCUT2D eigenvalue weighted by molar-refractivity contribution is 5.91. The van der Waals surface area contributed by atoms with Crippen LogP contribution in [-0.4, -0.2) is 40.6 Å². The summed E-state index contributed by atoms with van der Waals surface area (Å²) in [5, 5.41) is 6.54. The van der Waals surface area contributed by atoms with Crippen molar-refractivity contribution in [3.63, 3.8) is 0 Å². The van der Waals surface area contributed by atoms with Crippen LogP contribution in [0.2, 0.25) is 0 Å².